The summed E-state index contributed by atoms with van der Waals surface area (Å²) >= 11 is 0. The monoisotopic (exact) mass is 252 g/mol. The van der Waals surface area contributed by atoms with Crippen LogP contribution in [-0.4, -0.2) is 41.6 Å². The number of rotatable bonds is 3. The minimum absolute atomic E-state index is 0.197. The highest BCUT2D eigenvalue weighted by molar-refractivity contribution is 5.81. The van der Waals surface area contributed by atoms with E-state index in [1.54, 1.807) is 0 Å². The first-order chi connectivity index (χ1) is 8.62. The number of esters is 1. The van der Waals surface area contributed by atoms with Gasteiger partial charge in [-0.3, -0.25) is 9.69 Å². The molecule has 102 valence electrons. The number of hydrogen-bond acceptors (Lipinski definition) is 4. The normalized spacial score (nSPS) is 43.6. The van der Waals surface area contributed by atoms with E-state index in [4.69, 9.17) is 10.5 Å². The van der Waals surface area contributed by atoms with E-state index in [-0.39, 0.29) is 5.97 Å². The Balaban J connectivity index is 1.63. The topological polar surface area (TPSA) is 55.6 Å². The highest BCUT2D eigenvalue weighted by Crippen LogP contribution is 2.43. The van der Waals surface area contributed by atoms with Gasteiger partial charge in [0, 0.05) is 18.6 Å². The van der Waals surface area contributed by atoms with Crippen LogP contribution in [-0.2, 0) is 9.53 Å². The summed E-state index contributed by atoms with van der Waals surface area (Å²) in [6.45, 7) is 3.50. The lowest BCUT2D eigenvalue weighted by molar-refractivity contribution is -0.149. The number of carbonyl (C=O) groups excluding carboxylic acids is 1. The number of carbonyl (C=O) groups is 1. The third-order valence-electron chi connectivity index (χ3n) is 5.13. The van der Waals surface area contributed by atoms with Crippen molar-refractivity contribution in [3.8, 4) is 0 Å². The van der Waals surface area contributed by atoms with E-state index in [2.05, 4.69) is 4.90 Å². The Morgan fingerprint density at radius 2 is 2.22 bits per heavy atom. The van der Waals surface area contributed by atoms with Crippen LogP contribution >= 0.6 is 0 Å². The van der Waals surface area contributed by atoms with Gasteiger partial charge in [0.25, 0.3) is 0 Å². The van der Waals surface area contributed by atoms with Crippen molar-refractivity contribution in [1.82, 2.24) is 4.90 Å². The summed E-state index contributed by atoms with van der Waals surface area (Å²) in [5, 5.41) is 0. The molecule has 4 unspecified atom stereocenters. The van der Waals surface area contributed by atoms with Crippen LogP contribution in [0.3, 0.4) is 0 Å². The molecule has 2 N–H and O–H groups in total. The fourth-order valence-electron chi connectivity index (χ4n) is 4.20. The zero-order chi connectivity index (χ0) is 12.8. The molecule has 4 heteroatoms. The van der Waals surface area contributed by atoms with Gasteiger partial charge in [-0.15, -0.1) is 0 Å². The predicted molar refractivity (Wildman–Crippen MR) is 69.0 cm³/mol. The Bertz CT molecular complexity index is 347. The van der Waals surface area contributed by atoms with Crippen LogP contribution in [0.25, 0.3) is 0 Å². The molecule has 3 rings (SSSR count). The van der Waals surface area contributed by atoms with Crippen LogP contribution in [0.5, 0.6) is 0 Å². The third kappa shape index (κ3) is 1.95. The number of piperidine rings is 1. The minimum Gasteiger partial charge on any atom is -0.465 e. The SMILES string of the molecule is CCOC(=O)C1(N)CCC(N2CC3CCC2C3)C1. The van der Waals surface area contributed by atoms with Crippen molar-refractivity contribution in [2.45, 2.75) is 63.1 Å². The number of nitrogens with zero attached hydrogens (tertiary/aromatic N) is 1. The van der Waals surface area contributed by atoms with Crippen LogP contribution in [0, 0.1) is 5.92 Å². The van der Waals surface area contributed by atoms with Crippen molar-refractivity contribution >= 4 is 5.97 Å². The summed E-state index contributed by atoms with van der Waals surface area (Å²) in [5.41, 5.74) is 5.52. The molecule has 0 aromatic carbocycles. The second-order valence-electron chi connectivity index (χ2n) is 6.30. The molecule has 0 spiro atoms. The van der Waals surface area contributed by atoms with Crippen molar-refractivity contribution in [3.63, 3.8) is 0 Å². The summed E-state index contributed by atoms with van der Waals surface area (Å²) < 4.78 is 5.12. The van der Waals surface area contributed by atoms with Gasteiger partial charge in [-0.1, -0.05) is 0 Å². The number of fused-ring (bicyclic) bond motifs is 2. The van der Waals surface area contributed by atoms with Crippen molar-refractivity contribution in [1.29, 1.82) is 0 Å². The molecule has 3 fully saturated rings. The Hall–Kier alpha value is -0.610. The molecule has 0 radical (unpaired) electrons. The van der Waals surface area contributed by atoms with Crippen LogP contribution in [0.4, 0.5) is 0 Å². The summed E-state index contributed by atoms with van der Waals surface area (Å²) in [4.78, 5) is 14.5. The highest BCUT2D eigenvalue weighted by atomic mass is 16.5. The average Bonchev–Trinajstić information content (AvgIpc) is 3.03. The quantitative estimate of drug-likeness (QED) is 0.769. The molecule has 4 nitrogen and oxygen atoms in total. The fourth-order valence-corrected chi connectivity index (χ4v) is 4.20. The number of likely N-dealkylation sites (tertiary alicyclic amines) is 1. The van der Waals surface area contributed by atoms with Gasteiger partial charge in [0.15, 0.2) is 0 Å². The van der Waals surface area contributed by atoms with Crippen molar-refractivity contribution in [2.24, 2.45) is 11.7 Å². The van der Waals surface area contributed by atoms with Gasteiger partial charge in [0.2, 0.25) is 0 Å². The Morgan fingerprint density at radius 1 is 1.39 bits per heavy atom. The molecule has 1 aliphatic heterocycles. The summed E-state index contributed by atoms with van der Waals surface area (Å²) in [7, 11) is 0. The first-order valence-corrected chi connectivity index (χ1v) is 7.34. The molecular formula is C14H24N2O2. The van der Waals surface area contributed by atoms with Gasteiger partial charge < -0.3 is 10.5 Å². The van der Waals surface area contributed by atoms with Crippen LogP contribution < -0.4 is 5.73 Å². The molecule has 1 saturated heterocycles. The van der Waals surface area contributed by atoms with Gasteiger partial charge in [-0.25, -0.2) is 0 Å². The third-order valence-corrected chi connectivity index (χ3v) is 5.13. The van der Waals surface area contributed by atoms with E-state index in [1.807, 2.05) is 6.92 Å². The second-order valence-corrected chi connectivity index (χ2v) is 6.30. The van der Waals surface area contributed by atoms with Crippen molar-refractivity contribution in [2.75, 3.05) is 13.2 Å². The fraction of sp³-hybridized carbons (Fsp3) is 0.929. The zero-order valence-electron chi connectivity index (χ0n) is 11.2. The van der Waals surface area contributed by atoms with E-state index in [9.17, 15) is 4.79 Å². The van der Waals surface area contributed by atoms with E-state index < -0.39 is 5.54 Å². The molecular weight excluding hydrogens is 228 g/mol. The van der Waals surface area contributed by atoms with E-state index >= 15 is 0 Å². The zero-order valence-corrected chi connectivity index (χ0v) is 11.2. The lowest BCUT2D eigenvalue weighted by Crippen LogP contribution is -2.49. The Kier molecular flexibility index (Phi) is 3.10. The summed E-state index contributed by atoms with van der Waals surface area (Å²) in [6, 6.07) is 1.28. The first-order valence-electron chi connectivity index (χ1n) is 7.34. The van der Waals surface area contributed by atoms with Gasteiger partial charge in [-0.05, 0) is 51.4 Å². The predicted octanol–water partition coefficient (Wildman–Crippen LogP) is 1.28. The molecule has 18 heavy (non-hydrogen) atoms. The molecule has 1 heterocycles. The van der Waals surface area contributed by atoms with E-state index in [0.717, 1.165) is 31.2 Å². The molecule has 2 aliphatic carbocycles. The average molecular weight is 252 g/mol. The molecule has 4 atom stereocenters. The molecule has 3 aliphatic rings. The maximum atomic E-state index is 11.9. The van der Waals surface area contributed by atoms with Gasteiger partial charge in [0.1, 0.15) is 5.54 Å². The lowest BCUT2D eigenvalue weighted by Gasteiger charge is -2.33. The molecule has 0 amide bonds. The van der Waals surface area contributed by atoms with Crippen molar-refractivity contribution < 1.29 is 9.53 Å². The maximum Gasteiger partial charge on any atom is 0.326 e. The number of nitrogens with two attached hydrogens (primary N) is 1. The van der Waals surface area contributed by atoms with Crippen LogP contribution in [0.15, 0.2) is 0 Å². The van der Waals surface area contributed by atoms with E-state index in [1.165, 1.54) is 25.8 Å². The molecule has 2 bridgehead atoms. The van der Waals surface area contributed by atoms with Crippen molar-refractivity contribution in [3.05, 3.63) is 0 Å². The van der Waals surface area contributed by atoms with Gasteiger partial charge in [0.05, 0.1) is 6.61 Å². The molecule has 0 aromatic heterocycles. The number of ether oxygens (including phenoxy) is 1. The lowest BCUT2D eigenvalue weighted by atomic mass is 9.98. The molecule has 0 aromatic rings. The van der Waals surface area contributed by atoms with E-state index in [0.29, 0.717) is 12.6 Å². The standard InChI is InChI=1S/C14H24N2O2/c1-2-18-13(17)14(15)6-5-12(8-14)16-9-10-3-4-11(16)7-10/h10-12H,2-9,15H2,1H3. The second kappa shape index (κ2) is 4.49. The van der Waals surface area contributed by atoms with Gasteiger partial charge >= 0.3 is 5.97 Å². The summed E-state index contributed by atoms with van der Waals surface area (Å²) in [5.74, 6) is 0.710. The van der Waals surface area contributed by atoms with Gasteiger partial charge in [-0.2, -0.15) is 0 Å². The minimum atomic E-state index is -0.720. The summed E-state index contributed by atoms with van der Waals surface area (Å²) in [6.07, 6.45) is 6.74. The smallest absolute Gasteiger partial charge is 0.326 e. The number of hydrogen-bond donors (Lipinski definition) is 1. The molecule has 2 saturated carbocycles. The Morgan fingerprint density at radius 3 is 2.83 bits per heavy atom. The van der Waals surface area contributed by atoms with Crippen LogP contribution in [0.1, 0.15) is 45.4 Å². The maximum absolute atomic E-state index is 11.9. The highest BCUT2D eigenvalue weighted by Gasteiger charge is 2.49. The largest absolute Gasteiger partial charge is 0.465 e. The first kappa shape index (κ1) is 12.4. The van der Waals surface area contributed by atoms with Crippen LogP contribution in [0.2, 0.25) is 0 Å². The Labute approximate surface area is 109 Å².